The van der Waals surface area contributed by atoms with Crippen LogP contribution in [0.5, 0.6) is 0 Å². The van der Waals surface area contributed by atoms with Crippen molar-refractivity contribution in [3.8, 4) is 0 Å². The summed E-state index contributed by atoms with van der Waals surface area (Å²) in [5.74, 6) is -0.0715. The lowest BCUT2D eigenvalue weighted by Gasteiger charge is -2.01. The second kappa shape index (κ2) is 17.3. The first-order valence-corrected chi connectivity index (χ1v) is 9.03. The first-order chi connectivity index (χ1) is 10.3. The normalized spacial score (nSPS) is 11.1. The van der Waals surface area contributed by atoms with E-state index in [4.69, 9.17) is 0 Å². The van der Waals surface area contributed by atoms with Crippen molar-refractivity contribution in [2.24, 2.45) is 0 Å². The molecule has 0 aliphatic carbocycles. The van der Waals surface area contributed by atoms with Gasteiger partial charge in [-0.05, 0) is 32.1 Å². The fourth-order valence-corrected chi connectivity index (χ4v) is 2.44. The molecule has 0 heterocycles. The lowest BCUT2D eigenvalue weighted by atomic mass is 10.1. The van der Waals surface area contributed by atoms with Crippen LogP contribution in [0.3, 0.4) is 0 Å². The van der Waals surface area contributed by atoms with Crippen LogP contribution >= 0.6 is 0 Å². The van der Waals surface area contributed by atoms with Gasteiger partial charge in [0.25, 0.3) is 0 Å². The molecule has 0 radical (unpaired) electrons. The van der Waals surface area contributed by atoms with Gasteiger partial charge in [-0.15, -0.1) is 0 Å². The predicted octanol–water partition coefficient (Wildman–Crippen LogP) is 6.20. The second-order valence-electron chi connectivity index (χ2n) is 5.91. The molecule has 0 amide bonds. The summed E-state index contributed by atoms with van der Waals surface area (Å²) < 4.78 is 4.62. The van der Waals surface area contributed by atoms with Crippen LogP contribution in [0.1, 0.15) is 96.8 Å². The zero-order valence-corrected chi connectivity index (χ0v) is 14.4. The minimum absolute atomic E-state index is 0.0715. The van der Waals surface area contributed by atoms with Crippen molar-refractivity contribution in [1.82, 2.24) is 0 Å². The van der Waals surface area contributed by atoms with Crippen LogP contribution in [-0.4, -0.2) is 13.1 Å². The number of ether oxygens (including phenoxy) is 1. The molecule has 2 nitrogen and oxygen atoms in total. The highest BCUT2D eigenvalue weighted by Crippen LogP contribution is 2.11. The van der Waals surface area contributed by atoms with E-state index >= 15 is 0 Å². The number of rotatable bonds is 15. The highest BCUT2D eigenvalue weighted by atomic mass is 16.5. The van der Waals surface area contributed by atoms with Crippen molar-refractivity contribution in [3.05, 3.63) is 12.2 Å². The summed E-state index contributed by atoms with van der Waals surface area (Å²) in [4.78, 5) is 10.9. The van der Waals surface area contributed by atoms with Gasteiger partial charge in [0.2, 0.25) is 0 Å². The summed E-state index contributed by atoms with van der Waals surface area (Å²) in [7, 11) is 1.46. The SMILES string of the molecule is CCCCCC=CCCCCCCCCCCC(=O)OC. The topological polar surface area (TPSA) is 26.3 Å². The number of allylic oxidation sites excluding steroid dienone is 2. The lowest BCUT2D eigenvalue weighted by Crippen LogP contribution is -1.99. The Balaban J connectivity index is 3.07. The minimum atomic E-state index is -0.0715. The van der Waals surface area contributed by atoms with Crippen molar-refractivity contribution in [2.45, 2.75) is 96.8 Å². The average Bonchev–Trinajstić information content (AvgIpc) is 2.50. The number of hydrogen-bond acceptors (Lipinski definition) is 2. The molecule has 0 fully saturated rings. The van der Waals surface area contributed by atoms with E-state index in [2.05, 4.69) is 23.8 Å². The van der Waals surface area contributed by atoms with E-state index in [0.29, 0.717) is 6.42 Å². The minimum Gasteiger partial charge on any atom is -0.469 e. The lowest BCUT2D eigenvalue weighted by molar-refractivity contribution is -0.140. The Hall–Kier alpha value is -0.790. The number of esters is 1. The Bertz CT molecular complexity index is 246. The number of hydrogen-bond donors (Lipinski definition) is 0. The van der Waals surface area contributed by atoms with Crippen LogP contribution in [0, 0.1) is 0 Å². The van der Waals surface area contributed by atoms with Gasteiger partial charge in [0.05, 0.1) is 7.11 Å². The molecule has 0 aromatic carbocycles. The third-order valence-electron chi connectivity index (χ3n) is 3.87. The van der Waals surface area contributed by atoms with Crippen LogP contribution in [0.15, 0.2) is 12.2 Å². The molecular weight excluding hydrogens is 260 g/mol. The molecule has 0 bridgehead atoms. The van der Waals surface area contributed by atoms with Gasteiger partial charge < -0.3 is 4.74 Å². The van der Waals surface area contributed by atoms with Crippen molar-refractivity contribution in [1.29, 1.82) is 0 Å². The molecule has 0 N–H and O–H groups in total. The van der Waals surface area contributed by atoms with E-state index in [1.165, 1.54) is 77.7 Å². The van der Waals surface area contributed by atoms with Gasteiger partial charge in [0.1, 0.15) is 0 Å². The zero-order valence-electron chi connectivity index (χ0n) is 14.4. The van der Waals surface area contributed by atoms with Crippen molar-refractivity contribution >= 4 is 5.97 Å². The fraction of sp³-hybridized carbons (Fsp3) is 0.842. The Morgan fingerprint density at radius 3 is 1.76 bits per heavy atom. The summed E-state index contributed by atoms with van der Waals surface area (Å²) in [5, 5.41) is 0. The summed E-state index contributed by atoms with van der Waals surface area (Å²) in [5.41, 5.74) is 0. The maximum atomic E-state index is 10.9. The van der Waals surface area contributed by atoms with Gasteiger partial charge in [-0.2, -0.15) is 0 Å². The maximum absolute atomic E-state index is 10.9. The Kier molecular flexibility index (Phi) is 16.6. The van der Waals surface area contributed by atoms with Gasteiger partial charge in [-0.25, -0.2) is 0 Å². The van der Waals surface area contributed by atoms with Crippen LogP contribution in [0.25, 0.3) is 0 Å². The Morgan fingerprint density at radius 2 is 1.24 bits per heavy atom. The van der Waals surface area contributed by atoms with Gasteiger partial charge in [-0.1, -0.05) is 70.4 Å². The molecule has 0 aromatic heterocycles. The fourth-order valence-electron chi connectivity index (χ4n) is 2.44. The summed E-state index contributed by atoms with van der Waals surface area (Å²) in [6.07, 6.45) is 22.0. The monoisotopic (exact) mass is 296 g/mol. The number of methoxy groups -OCH3 is 1. The average molecular weight is 296 g/mol. The summed E-state index contributed by atoms with van der Waals surface area (Å²) in [6.45, 7) is 2.25. The highest BCUT2D eigenvalue weighted by molar-refractivity contribution is 5.68. The molecule has 0 unspecified atom stereocenters. The van der Waals surface area contributed by atoms with Crippen LogP contribution < -0.4 is 0 Å². The molecule has 0 saturated carbocycles. The van der Waals surface area contributed by atoms with Gasteiger partial charge in [-0.3, -0.25) is 4.79 Å². The van der Waals surface area contributed by atoms with E-state index in [1.807, 2.05) is 0 Å². The highest BCUT2D eigenvalue weighted by Gasteiger charge is 1.98. The molecule has 124 valence electrons. The first kappa shape index (κ1) is 20.2. The molecule has 0 spiro atoms. The standard InChI is InChI=1S/C19H36O2/c1-3-4-5-6-7-8-9-10-11-12-13-14-15-16-17-18-19(20)21-2/h7-8H,3-6,9-18H2,1-2H3. The smallest absolute Gasteiger partial charge is 0.305 e. The van der Waals surface area contributed by atoms with Gasteiger partial charge in [0.15, 0.2) is 0 Å². The van der Waals surface area contributed by atoms with E-state index in [9.17, 15) is 4.79 Å². The number of unbranched alkanes of at least 4 members (excludes halogenated alkanes) is 11. The molecule has 2 heteroatoms. The summed E-state index contributed by atoms with van der Waals surface area (Å²) in [6, 6.07) is 0. The third kappa shape index (κ3) is 17.2. The predicted molar refractivity (Wildman–Crippen MR) is 91.5 cm³/mol. The van der Waals surface area contributed by atoms with E-state index in [1.54, 1.807) is 0 Å². The molecule has 0 aliphatic rings. The molecular formula is C19H36O2. The zero-order chi connectivity index (χ0) is 15.6. The number of carbonyl (C=O) groups is 1. The van der Waals surface area contributed by atoms with E-state index < -0.39 is 0 Å². The van der Waals surface area contributed by atoms with Crippen molar-refractivity contribution in [2.75, 3.05) is 7.11 Å². The largest absolute Gasteiger partial charge is 0.469 e. The third-order valence-corrected chi connectivity index (χ3v) is 3.87. The molecule has 0 saturated heterocycles. The van der Waals surface area contributed by atoms with E-state index in [0.717, 1.165) is 12.8 Å². The quantitative estimate of drug-likeness (QED) is 0.204. The molecule has 0 aliphatic heterocycles. The molecule has 0 rings (SSSR count). The van der Waals surface area contributed by atoms with E-state index in [-0.39, 0.29) is 5.97 Å². The number of carbonyl (C=O) groups excluding carboxylic acids is 1. The van der Waals surface area contributed by atoms with Gasteiger partial charge >= 0.3 is 5.97 Å². The molecule has 0 atom stereocenters. The van der Waals surface area contributed by atoms with Crippen LogP contribution in [0.4, 0.5) is 0 Å². The Labute approximate surface area is 132 Å². The molecule has 21 heavy (non-hydrogen) atoms. The summed E-state index contributed by atoms with van der Waals surface area (Å²) >= 11 is 0. The van der Waals surface area contributed by atoms with Crippen LogP contribution in [0.2, 0.25) is 0 Å². The van der Waals surface area contributed by atoms with Crippen LogP contribution in [-0.2, 0) is 9.53 Å². The Morgan fingerprint density at radius 1 is 0.762 bits per heavy atom. The molecule has 0 aromatic rings. The maximum Gasteiger partial charge on any atom is 0.305 e. The van der Waals surface area contributed by atoms with Gasteiger partial charge in [0, 0.05) is 6.42 Å². The van der Waals surface area contributed by atoms with Crippen molar-refractivity contribution in [3.63, 3.8) is 0 Å². The second-order valence-corrected chi connectivity index (χ2v) is 5.91. The first-order valence-electron chi connectivity index (χ1n) is 9.03. The van der Waals surface area contributed by atoms with Crippen molar-refractivity contribution < 1.29 is 9.53 Å².